The number of aliphatic hydroxyl groups is 1. The Labute approximate surface area is 138 Å². The molecular weight excluding hydrogens is 292 g/mol. The maximum Gasteiger partial charge on any atom is 0.317 e. The van der Waals surface area contributed by atoms with Gasteiger partial charge >= 0.3 is 6.03 Å². The molecule has 0 aliphatic carbocycles. The van der Waals surface area contributed by atoms with E-state index in [0.29, 0.717) is 19.5 Å². The minimum absolute atomic E-state index is 0.0907. The maximum absolute atomic E-state index is 12.2. The van der Waals surface area contributed by atoms with Crippen molar-refractivity contribution in [2.45, 2.75) is 44.3 Å². The number of rotatable bonds is 7. The number of carbonyl (C=O) groups is 1. The lowest BCUT2D eigenvalue weighted by molar-refractivity contribution is 0.0873. The van der Waals surface area contributed by atoms with Crippen molar-refractivity contribution in [1.82, 2.24) is 10.2 Å². The standard InChI is InChI=1S/C18H28N2O3/c1-14(21)11-16(15-7-4-3-5-8-15)12-19-18(22)20(2)13-17-9-6-10-23-17/h3-5,7-8,14,16-17,21H,6,9-13H2,1-2H3,(H,19,22). The van der Waals surface area contributed by atoms with Crippen LogP contribution in [0, 0.1) is 0 Å². The van der Waals surface area contributed by atoms with Gasteiger partial charge in [0.1, 0.15) is 0 Å². The number of hydrogen-bond donors (Lipinski definition) is 2. The number of hydrogen-bond acceptors (Lipinski definition) is 3. The Hall–Kier alpha value is -1.59. The molecule has 23 heavy (non-hydrogen) atoms. The summed E-state index contributed by atoms with van der Waals surface area (Å²) in [7, 11) is 1.79. The lowest BCUT2D eigenvalue weighted by atomic mass is 9.93. The van der Waals surface area contributed by atoms with Crippen molar-refractivity contribution in [3.8, 4) is 0 Å². The molecule has 2 amide bonds. The zero-order valence-electron chi connectivity index (χ0n) is 14.1. The molecule has 1 heterocycles. The van der Waals surface area contributed by atoms with Crippen LogP contribution in [0.3, 0.4) is 0 Å². The molecule has 0 saturated carbocycles. The topological polar surface area (TPSA) is 61.8 Å². The van der Waals surface area contributed by atoms with Crippen molar-refractivity contribution in [2.75, 3.05) is 26.7 Å². The van der Waals surface area contributed by atoms with Gasteiger partial charge in [-0.25, -0.2) is 4.79 Å². The Balaban J connectivity index is 1.85. The summed E-state index contributed by atoms with van der Waals surface area (Å²) >= 11 is 0. The van der Waals surface area contributed by atoms with E-state index in [2.05, 4.69) is 5.32 Å². The van der Waals surface area contributed by atoms with Crippen molar-refractivity contribution in [3.05, 3.63) is 35.9 Å². The third kappa shape index (κ3) is 5.84. The molecule has 1 aromatic carbocycles. The van der Waals surface area contributed by atoms with Crippen LogP contribution in [0.2, 0.25) is 0 Å². The molecule has 3 atom stereocenters. The van der Waals surface area contributed by atoms with Gasteiger partial charge < -0.3 is 20.1 Å². The average Bonchev–Trinajstić information content (AvgIpc) is 3.04. The van der Waals surface area contributed by atoms with E-state index in [0.717, 1.165) is 25.0 Å². The van der Waals surface area contributed by atoms with Crippen LogP contribution in [0.25, 0.3) is 0 Å². The first-order chi connectivity index (χ1) is 11.1. The van der Waals surface area contributed by atoms with Crippen LogP contribution in [0.4, 0.5) is 4.79 Å². The summed E-state index contributed by atoms with van der Waals surface area (Å²) in [5, 5.41) is 12.7. The van der Waals surface area contributed by atoms with Gasteiger partial charge in [0.15, 0.2) is 0 Å². The van der Waals surface area contributed by atoms with Gasteiger partial charge in [-0.3, -0.25) is 0 Å². The fourth-order valence-corrected chi connectivity index (χ4v) is 3.00. The van der Waals surface area contributed by atoms with E-state index in [1.807, 2.05) is 30.3 Å². The van der Waals surface area contributed by atoms with Crippen LogP contribution in [0.15, 0.2) is 30.3 Å². The highest BCUT2D eigenvalue weighted by Gasteiger charge is 2.21. The molecule has 1 saturated heterocycles. The zero-order valence-corrected chi connectivity index (χ0v) is 14.1. The van der Waals surface area contributed by atoms with E-state index >= 15 is 0 Å². The van der Waals surface area contributed by atoms with E-state index in [4.69, 9.17) is 4.74 Å². The lowest BCUT2D eigenvalue weighted by Crippen LogP contribution is -2.42. The molecule has 5 nitrogen and oxygen atoms in total. The molecule has 128 valence electrons. The second-order valence-corrected chi connectivity index (χ2v) is 6.39. The van der Waals surface area contributed by atoms with E-state index < -0.39 is 6.10 Å². The fourth-order valence-electron chi connectivity index (χ4n) is 3.00. The first-order valence-electron chi connectivity index (χ1n) is 8.40. The largest absolute Gasteiger partial charge is 0.393 e. The molecule has 2 rings (SSSR count). The normalized spacial score (nSPS) is 20.0. The number of ether oxygens (including phenoxy) is 1. The number of likely N-dealkylation sites (N-methyl/N-ethyl adjacent to an activating group) is 1. The Kier molecular flexibility index (Phi) is 6.86. The molecule has 1 aliphatic rings. The highest BCUT2D eigenvalue weighted by Crippen LogP contribution is 2.20. The summed E-state index contributed by atoms with van der Waals surface area (Å²) in [5.41, 5.74) is 1.13. The number of benzene rings is 1. The zero-order chi connectivity index (χ0) is 16.7. The summed E-state index contributed by atoms with van der Waals surface area (Å²) in [6, 6.07) is 9.92. The maximum atomic E-state index is 12.2. The van der Waals surface area contributed by atoms with E-state index in [1.54, 1.807) is 18.9 Å². The number of nitrogens with zero attached hydrogens (tertiary/aromatic N) is 1. The first-order valence-corrected chi connectivity index (χ1v) is 8.40. The highest BCUT2D eigenvalue weighted by atomic mass is 16.5. The number of nitrogens with one attached hydrogen (secondary N) is 1. The third-order valence-corrected chi connectivity index (χ3v) is 4.24. The lowest BCUT2D eigenvalue weighted by Gasteiger charge is -2.24. The van der Waals surface area contributed by atoms with Crippen LogP contribution in [0.5, 0.6) is 0 Å². The van der Waals surface area contributed by atoms with Crippen molar-refractivity contribution in [3.63, 3.8) is 0 Å². The molecule has 0 aromatic heterocycles. The summed E-state index contributed by atoms with van der Waals surface area (Å²) in [6.07, 6.45) is 2.48. The molecule has 5 heteroatoms. The average molecular weight is 320 g/mol. The monoisotopic (exact) mass is 320 g/mol. The van der Waals surface area contributed by atoms with Crippen molar-refractivity contribution in [2.24, 2.45) is 0 Å². The Morgan fingerprint density at radius 3 is 2.78 bits per heavy atom. The molecule has 2 N–H and O–H groups in total. The molecule has 0 radical (unpaired) electrons. The van der Waals surface area contributed by atoms with Crippen LogP contribution >= 0.6 is 0 Å². The molecule has 0 spiro atoms. The van der Waals surface area contributed by atoms with Gasteiger partial charge in [-0.1, -0.05) is 30.3 Å². The molecule has 1 aliphatic heterocycles. The van der Waals surface area contributed by atoms with Gasteiger partial charge in [0, 0.05) is 32.7 Å². The Morgan fingerprint density at radius 1 is 1.43 bits per heavy atom. The van der Waals surface area contributed by atoms with Crippen molar-refractivity contribution < 1.29 is 14.6 Å². The second kappa shape index (κ2) is 8.89. The molecule has 0 bridgehead atoms. The first kappa shape index (κ1) is 17.8. The van der Waals surface area contributed by atoms with Crippen molar-refractivity contribution >= 4 is 6.03 Å². The quantitative estimate of drug-likeness (QED) is 0.811. The summed E-state index contributed by atoms with van der Waals surface area (Å²) < 4.78 is 5.57. The second-order valence-electron chi connectivity index (χ2n) is 6.39. The van der Waals surface area contributed by atoms with Gasteiger partial charge in [-0.2, -0.15) is 0 Å². The summed E-state index contributed by atoms with van der Waals surface area (Å²) in [6.45, 7) is 3.72. The minimum atomic E-state index is -0.401. The van der Waals surface area contributed by atoms with Crippen molar-refractivity contribution in [1.29, 1.82) is 0 Å². The molecule has 1 fully saturated rings. The highest BCUT2D eigenvalue weighted by molar-refractivity contribution is 5.73. The third-order valence-electron chi connectivity index (χ3n) is 4.24. The van der Waals surface area contributed by atoms with E-state index in [-0.39, 0.29) is 18.1 Å². The van der Waals surface area contributed by atoms with E-state index in [9.17, 15) is 9.90 Å². The summed E-state index contributed by atoms with van der Waals surface area (Å²) in [4.78, 5) is 13.9. The van der Waals surface area contributed by atoms with Gasteiger partial charge in [0.05, 0.1) is 12.2 Å². The summed E-state index contributed by atoms with van der Waals surface area (Å²) in [5.74, 6) is 0.108. The van der Waals surface area contributed by atoms with Crippen LogP contribution in [0.1, 0.15) is 37.7 Å². The van der Waals surface area contributed by atoms with Crippen LogP contribution in [-0.2, 0) is 4.74 Å². The van der Waals surface area contributed by atoms with Crippen LogP contribution in [-0.4, -0.2) is 55.0 Å². The molecule has 1 aromatic rings. The molecular formula is C18H28N2O3. The number of carbonyl (C=O) groups excluding carboxylic acids is 1. The van der Waals surface area contributed by atoms with Gasteiger partial charge in [0.2, 0.25) is 0 Å². The van der Waals surface area contributed by atoms with E-state index in [1.165, 1.54) is 0 Å². The molecule has 3 unspecified atom stereocenters. The minimum Gasteiger partial charge on any atom is -0.393 e. The number of amides is 2. The smallest absolute Gasteiger partial charge is 0.317 e. The Morgan fingerprint density at radius 2 is 2.17 bits per heavy atom. The fraction of sp³-hybridized carbons (Fsp3) is 0.611. The number of aliphatic hydroxyl groups excluding tert-OH is 1. The Bertz CT molecular complexity index is 472. The van der Waals surface area contributed by atoms with Gasteiger partial charge in [-0.15, -0.1) is 0 Å². The number of urea groups is 1. The van der Waals surface area contributed by atoms with Gasteiger partial charge in [0.25, 0.3) is 0 Å². The van der Waals surface area contributed by atoms with Gasteiger partial charge in [-0.05, 0) is 31.7 Å². The SMILES string of the molecule is CC(O)CC(CNC(=O)N(C)CC1CCCO1)c1ccccc1. The predicted octanol–water partition coefficient (Wildman–Crippen LogP) is 2.36. The predicted molar refractivity (Wildman–Crippen MR) is 90.5 cm³/mol. The van der Waals surface area contributed by atoms with Crippen LogP contribution < -0.4 is 5.32 Å².